The van der Waals surface area contributed by atoms with Crippen LogP contribution in [0.15, 0.2) is 53.4 Å². The summed E-state index contributed by atoms with van der Waals surface area (Å²) in [4.78, 5) is 0.0496. The van der Waals surface area contributed by atoms with E-state index in [1.165, 1.54) is 23.5 Å². The molecule has 0 bridgehead atoms. The van der Waals surface area contributed by atoms with Crippen molar-refractivity contribution in [3.05, 3.63) is 54.3 Å². The van der Waals surface area contributed by atoms with Gasteiger partial charge in [-0.1, -0.05) is 6.07 Å². The average molecular weight is 309 g/mol. The quantitative estimate of drug-likeness (QED) is 0.853. The van der Waals surface area contributed by atoms with E-state index in [9.17, 15) is 12.8 Å². The molecule has 0 saturated heterocycles. The van der Waals surface area contributed by atoms with Crippen molar-refractivity contribution in [1.82, 2.24) is 0 Å². The molecule has 0 heterocycles. The van der Waals surface area contributed by atoms with E-state index in [-0.39, 0.29) is 11.4 Å². The Morgan fingerprint density at radius 1 is 1.14 bits per heavy atom. The predicted octanol–water partition coefficient (Wildman–Crippen LogP) is 3.05. The number of rotatable bonds is 5. The van der Waals surface area contributed by atoms with Crippen molar-refractivity contribution < 1.29 is 17.5 Å². The van der Waals surface area contributed by atoms with Crippen LogP contribution in [0.3, 0.4) is 0 Å². The largest absolute Gasteiger partial charge is 0.497 e. The lowest BCUT2D eigenvalue weighted by Gasteiger charge is -2.23. The van der Waals surface area contributed by atoms with E-state index in [0.29, 0.717) is 11.4 Å². The average Bonchev–Trinajstić information content (AvgIpc) is 2.48. The van der Waals surface area contributed by atoms with Crippen molar-refractivity contribution in [1.29, 1.82) is 0 Å². The molecular weight excluding hydrogens is 293 g/mol. The van der Waals surface area contributed by atoms with Gasteiger partial charge in [-0.25, -0.2) is 12.8 Å². The summed E-state index contributed by atoms with van der Waals surface area (Å²) in [6.45, 7) is 1.99. The minimum Gasteiger partial charge on any atom is -0.497 e. The maximum Gasteiger partial charge on any atom is 0.264 e. The number of hydrogen-bond acceptors (Lipinski definition) is 3. The van der Waals surface area contributed by atoms with Crippen molar-refractivity contribution in [2.75, 3.05) is 18.0 Å². The molecule has 0 atom stereocenters. The van der Waals surface area contributed by atoms with E-state index in [2.05, 4.69) is 0 Å². The van der Waals surface area contributed by atoms with E-state index in [0.717, 1.165) is 12.1 Å². The van der Waals surface area contributed by atoms with Gasteiger partial charge in [0, 0.05) is 12.6 Å². The third-order valence-electron chi connectivity index (χ3n) is 3.03. The lowest BCUT2D eigenvalue weighted by molar-refractivity contribution is 0.415. The Hall–Kier alpha value is -2.08. The first kappa shape index (κ1) is 15.3. The Morgan fingerprint density at radius 2 is 1.81 bits per heavy atom. The van der Waals surface area contributed by atoms with Gasteiger partial charge in [0.05, 0.1) is 17.7 Å². The molecule has 0 N–H and O–H groups in total. The zero-order valence-corrected chi connectivity index (χ0v) is 12.6. The number of anilines is 1. The van der Waals surface area contributed by atoms with Gasteiger partial charge in [0.15, 0.2) is 0 Å². The third-order valence-corrected chi connectivity index (χ3v) is 4.95. The number of ether oxygens (including phenoxy) is 1. The van der Waals surface area contributed by atoms with E-state index in [1.807, 2.05) is 0 Å². The van der Waals surface area contributed by atoms with Gasteiger partial charge in [0.2, 0.25) is 0 Å². The summed E-state index contributed by atoms with van der Waals surface area (Å²) >= 11 is 0. The summed E-state index contributed by atoms with van der Waals surface area (Å²) in [5, 5.41) is 0. The first-order chi connectivity index (χ1) is 9.98. The van der Waals surface area contributed by atoms with Crippen LogP contribution in [0.4, 0.5) is 10.1 Å². The summed E-state index contributed by atoms with van der Waals surface area (Å²) in [7, 11) is -2.22. The Kier molecular flexibility index (Phi) is 4.47. The van der Waals surface area contributed by atoms with Crippen LogP contribution in [0.5, 0.6) is 5.75 Å². The second kappa shape index (κ2) is 6.13. The fourth-order valence-electron chi connectivity index (χ4n) is 1.99. The van der Waals surface area contributed by atoms with Gasteiger partial charge < -0.3 is 4.74 Å². The van der Waals surface area contributed by atoms with Crippen molar-refractivity contribution in [2.24, 2.45) is 0 Å². The van der Waals surface area contributed by atoms with Crippen molar-refractivity contribution in [3.63, 3.8) is 0 Å². The van der Waals surface area contributed by atoms with Gasteiger partial charge >= 0.3 is 0 Å². The third kappa shape index (κ3) is 3.16. The fourth-order valence-corrected chi connectivity index (χ4v) is 3.46. The number of benzene rings is 2. The van der Waals surface area contributed by atoms with Crippen molar-refractivity contribution in [2.45, 2.75) is 11.8 Å². The molecule has 0 fully saturated rings. The number of halogens is 1. The molecule has 6 heteroatoms. The summed E-state index contributed by atoms with van der Waals surface area (Å²) in [5.41, 5.74) is 0.501. The Morgan fingerprint density at radius 3 is 2.38 bits per heavy atom. The molecule has 0 unspecified atom stereocenters. The monoisotopic (exact) mass is 309 g/mol. The van der Waals surface area contributed by atoms with Gasteiger partial charge in [0.25, 0.3) is 10.0 Å². The lowest BCUT2D eigenvalue weighted by Crippen LogP contribution is -2.30. The number of methoxy groups -OCH3 is 1. The molecule has 21 heavy (non-hydrogen) atoms. The van der Waals surface area contributed by atoms with Gasteiger partial charge in [-0.2, -0.15) is 0 Å². The van der Waals surface area contributed by atoms with Crippen LogP contribution in [0.2, 0.25) is 0 Å². The van der Waals surface area contributed by atoms with Gasteiger partial charge in [-0.3, -0.25) is 4.31 Å². The van der Waals surface area contributed by atoms with E-state index >= 15 is 0 Å². The number of sulfonamides is 1. The first-order valence-corrected chi connectivity index (χ1v) is 7.85. The molecule has 0 aliphatic carbocycles. The van der Waals surface area contributed by atoms with Crippen LogP contribution in [0.1, 0.15) is 6.92 Å². The molecule has 2 aromatic rings. The zero-order valence-electron chi connectivity index (χ0n) is 11.8. The van der Waals surface area contributed by atoms with Crippen molar-refractivity contribution in [3.8, 4) is 5.75 Å². The highest BCUT2D eigenvalue weighted by molar-refractivity contribution is 7.92. The Labute approximate surface area is 123 Å². The first-order valence-electron chi connectivity index (χ1n) is 6.41. The van der Waals surface area contributed by atoms with Crippen molar-refractivity contribution >= 4 is 15.7 Å². The molecule has 0 spiro atoms. The molecule has 0 aromatic heterocycles. The van der Waals surface area contributed by atoms with E-state index in [1.54, 1.807) is 31.2 Å². The minimum atomic E-state index is -3.73. The molecule has 0 saturated carbocycles. The summed E-state index contributed by atoms with van der Waals surface area (Å²) in [6, 6.07) is 11.6. The van der Waals surface area contributed by atoms with Crippen LogP contribution in [-0.4, -0.2) is 22.1 Å². The topological polar surface area (TPSA) is 46.6 Å². The van der Waals surface area contributed by atoms with Gasteiger partial charge in [0.1, 0.15) is 11.6 Å². The second-order valence-electron chi connectivity index (χ2n) is 4.33. The molecular formula is C15H16FNO3S. The summed E-state index contributed by atoms with van der Waals surface area (Å²) in [5.74, 6) is 0.0960. The lowest BCUT2D eigenvalue weighted by atomic mass is 10.3. The minimum absolute atomic E-state index is 0.0496. The second-order valence-corrected chi connectivity index (χ2v) is 6.19. The summed E-state index contributed by atoms with van der Waals surface area (Å²) in [6.07, 6.45) is 0. The summed E-state index contributed by atoms with van der Waals surface area (Å²) < 4.78 is 44.6. The van der Waals surface area contributed by atoms with Crippen LogP contribution in [-0.2, 0) is 10.0 Å². The van der Waals surface area contributed by atoms with Crippen LogP contribution >= 0.6 is 0 Å². The van der Waals surface area contributed by atoms with Crippen LogP contribution < -0.4 is 9.04 Å². The fraction of sp³-hybridized carbons (Fsp3) is 0.200. The molecule has 0 aliphatic rings. The molecule has 4 nitrogen and oxygen atoms in total. The van der Waals surface area contributed by atoms with Gasteiger partial charge in [-0.15, -0.1) is 0 Å². The maximum absolute atomic E-state index is 13.0. The predicted molar refractivity (Wildman–Crippen MR) is 79.6 cm³/mol. The molecule has 2 rings (SSSR count). The highest BCUT2D eigenvalue weighted by Crippen LogP contribution is 2.26. The van der Waals surface area contributed by atoms with E-state index < -0.39 is 15.8 Å². The molecule has 0 aliphatic heterocycles. The molecule has 0 amide bonds. The molecule has 0 radical (unpaired) electrons. The smallest absolute Gasteiger partial charge is 0.264 e. The molecule has 112 valence electrons. The zero-order chi connectivity index (χ0) is 15.5. The normalized spacial score (nSPS) is 11.2. The molecule has 2 aromatic carbocycles. The number of hydrogen-bond donors (Lipinski definition) is 0. The Balaban J connectivity index is 2.46. The number of nitrogens with zero attached hydrogens (tertiary/aromatic N) is 1. The maximum atomic E-state index is 13.0. The Bertz CT molecular complexity index is 714. The van der Waals surface area contributed by atoms with Crippen LogP contribution in [0, 0.1) is 5.82 Å². The highest BCUT2D eigenvalue weighted by Gasteiger charge is 2.23. The standard InChI is InChI=1S/C15H16FNO3S/c1-3-17(13-5-4-6-14(11-13)20-2)21(18,19)15-9-7-12(16)8-10-15/h4-11H,3H2,1-2H3. The van der Waals surface area contributed by atoms with E-state index in [4.69, 9.17) is 4.74 Å². The highest BCUT2D eigenvalue weighted by atomic mass is 32.2. The van der Waals surface area contributed by atoms with Gasteiger partial charge in [-0.05, 0) is 43.3 Å². The SMILES string of the molecule is CCN(c1cccc(OC)c1)S(=O)(=O)c1ccc(F)cc1. The van der Waals surface area contributed by atoms with Crippen LogP contribution in [0.25, 0.3) is 0 Å².